The third kappa shape index (κ3) is 3.26. The van der Waals surface area contributed by atoms with Gasteiger partial charge in [-0.05, 0) is 38.4 Å². The van der Waals surface area contributed by atoms with Crippen LogP contribution in [0.4, 0.5) is 5.69 Å². The van der Waals surface area contributed by atoms with Gasteiger partial charge in [0.1, 0.15) is 16.3 Å². The zero-order valence-electron chi connectivity index (χ0n) is 13.8. The Balaban J connectivity index is 2.09. The molecule has 1 aromatic heterocycles. The van der Waals surface area contributed by atoms with E-state index in [0.29, 0.717) is 12.1 Å². The van der Waals surface area contributed by atoms with E-state index in [0.717, 1.165) is 38.5 Å². The van der Waals surface area contributed by atoms with Crippen LogP contribution in [-0.4, -0.2) is 38.0 Å². The average Bonchev–Trinajstić information content (AvgIpc) is 2.54. The van der Waals surface area contributed by atoms with Crippen LogP contribution in [0.25, 0.3) is 21.8 Å². The van der Waals surface area contributed by atoms with E-state index >= 15 is 0 Å². The molecule has 0 spiro atoms. The Hall–Kier alpha value is -2.02. The molecule has 0 saturated carbocycles. The van der Waals surface area contributed by atoms with Gasteiger partial charge in [-0.1, -0.05) is 22.0 Å². The first-order valence-electron chi connectivity index (χ1n) is 7.79. The predicted octanol–water partition coefficient (Wildman–Crippen LogP) is 1.73. The molecule has 0 unspecified atom stereocenters. The number of carbonyl (C=O) groups excluding carboxylic acids is 1. The second-order valence-corrected chi connectivity index (χ2v) is 7.00. The van der Waals surface area contributed by atoms with Crippen molar-refractivity contribution < 1.29 is 15.5 Å². The number of quaternary nitrogens is 1. The maximum absolute atomic E-state index is 12.6. The zero-order chi connectivity index (χ0) is 17.3. The summed E-state index contributed by atoms with van der Waals surface area (Å²) in [7, 11) is 3.97. The van der Waals surface area contributed by atoms with Crippen LogP contribution in [0.3, 0.4) is 0 Å². The summed E-state index contributed by atoms with van der Waals surface area (Å²) in [6.45, 7) is 1.41. The Labute approximate surface area is 149 Å². The number of nitrogens with one attached hydrogen (secondary N) is 2. The lowest BCUT2D eigenvalue weighted by Crippen LogP contribution is -2.41. The standard InChI is InChI=1S/C18H19BrN4O/c1-23(2)9-8-21-18(24)14-5-3-4-13-16(20)12-7-6-11(19)10-15(12)22-17(13)14/h3-7,10H,8-9H2,1-2H3,(H2,20,22)(H,21,24)/p+2. The van der Waals surface area contributed by atoms with Crippen LogP contribution in [0.15, 0.2) is 40.9 Å². The van der Waals surface area contributed by atoms with E-state index in [-0.39, 0.29) is 5.91 Å². The molecular weight excluding hydrogens is 368 g/mol. The number of hydrogen-bond acceptors (Lipinski definition) is 2. The van der Waals surface area contributed by atoms with Crippen LogP contribution in [-0.2, 0) is 0 Å². The predicted molar refractivity (Wildman–Crippen MR) is 99.1 cm³/mol. The zero-order valence-corrected chi connectivity index (χ0v) is 15.4. The Morgan fingerprint density at radius 3 is 2.79 bits per heavy atom. The minimum atomic E-state index is -0.0764. The van der Waals surface area contributed by atoms with Gasteiger partial charge in [-0.15, -0.1) is 0 Å². The average molecular weight is 389 g/mol. The van der Waals surface area contributed by atoms with Gasteiger partial charge in [-0.2, -0.15) is 0 Å². The van der Waals surface area contributed by atoms with Crippen LogP contribution in [0.5, 0.6) is 0 Å². The van der Waals surface area contributed by atoms with Gasteiger partial charge in [0.05, 0.1) is 0 Å². The molecule has 24 heavy (non-hydrogen) atoms. The number of fused-ring (bicyclic) bond motifs is 2. The second kappa shape index (κ2) is 6.84. The molecule has 0 bridgehead atoms. The van der Waals surface area contributed by atoms with Gasteiger partial charge < -0.3 is 16.0 Å². The molecule has 0 atom stereocenters. The third-order valence-electron chi connectivity index (χ3n) is 4.05. The fourth-order valence-electron chi connectivity index (χ4n) is 2.78. The van der Waals surface area contributed by atoms with Gasteiger partial charge in [-0.25, -0.2) is 4.98 Å². The number of aromatic nitrogens is 1. The number of H-pyrrole nitrogens is 1. The summed E-state index contributed by atoms with van der Waals surface area (Å²) in [4.78, 5) is 18.0. The van der Waals surface area contributed by atoms with Crippen molar-refractivity contribution in [1.29, 1.82) is 0 Å². The number of carbonyl (C=O) groups is 1. The lowest BCUT2D eigenvalue weighted by molar-refractivity contribution is -0.312. The monoisotopic (exact) mass is 388 g/mol. The second-order valence-electron chi connectivity index (χ2n) is 6.08. The van der Waals surface area contributed by atoms with Crippen molar-refractivity contribution in [3.8, 4) is 0 Å². The molecule has 3 rings (SSSR count). The van der Waals surface area contributed by atoms with E-state index in [1.54, 1.807) is 0 Å². The summed E-state index contributed by atoms with van der Waals surface area (Å²) in [5, 5.41) is 4.99. The van der Waals surface area contributed by atoms with Crippen LogP contribution >= 0.6 is 15.9 Å². The topological polar surface area (TPSA) is 74.1 Å². The Kier molecular flexibility index (Phi) is 4.80. The molecule has 1 heterocycles. The summed E-state index contributed by atoms with van der Waals surface area (Å²) in [6, 6.07) is 11.8. The smallest absolute Gasteiger partial charge is 0.258 e. The number of aromatic amines is 1. The van der Waals surface area contributed by atoms with Gasteiger partial charge >= 0.3 is 0 Å². The lowest BCUT2D eigenvalue weighted by atomic mass is 10.0. The van der Waals surface area contributed by atoms with E-state index in [4.69, 9.17) is 0 Å². The van der Waals surface area contributed by atoms with Crippen molar-refractivity contribution in [2.75, 3.05) is 27.2 Å². The molecular formula is C18H21BrN4O+2. The lowest BCUT2D eigenvalue weighted by Gasteiger charge is -2.10. The number of nitrogens with zero attached hydrogens (tertiary/aromatic N) is 1. The normalized spacial score (nSPS) is 11.4. The Morgan fingerprint density at radius 2 is 2.04 bits per heavy atom. The largest absolute Gasteiger partial charge is 0.351 e. The molecule has 0 aliphatic heterocycles. The first-order chi connectivity index (χ1) is 11.5. The van der Waals surface area contributed by atoms with E-state index in [1.165, 1.54) is 0 Å². The van der Waals surface area contributed by atoms with E-state index in [2.05, 4.69) is 32.0 Å². The number of halogens is 1. The minimum Gasteiger partial charge on any atom is -0.351 e. The van der Waals surface area contributed by atoms with Crippen LogP contribution < -0.4 is 16.0 Å². The van der Waals surface area contributed by atoms with E-state index < -0.39 is 0 Å². The molecule has 0 aliphatic rings. The quantitative estimate of drug-likeness (QED) is 0.667. The van der Waals surface area contributed by atoms with Crippen molar-refractivity contribution in [3.05, 3.63) is 46.4 Å². The summed E-state index contributed by atoms with van der Waals surface area (Å²) >= 11 is 3.49. The molecule has 1 amide bonds. The third-order valence-corrected chi connectivity index (χ3v) is 4.54. The summed E-state index contributed by atoms with van der Waals surface area (Å²) in [5.41, 5.74) is 7.55. The molecule has 124 valence electrons. The fourth-order valence-corrected chi connectivity index (χ4v) is 3.14. The van der Waals surface area contributed by atoms with E-state index in [1.807, 2.05) is 55.4 Å². The van der Waals surface area contributed by atoms with Crippen LogP contribution in [0, 0.1) is 0 Å². The number of rotatable bonds is 4. The fraction of sp³-hybridized carbons (Fsp3) is 0.222. The maximum atomic E-state index is 12.6. The molecule has 2 aromatic carbocycles. The Bertz CT molecular complexity index is 924. The van der Waals surface area contributed by atoms with Gasteiger partial charge in [-0.3, -0.25) is 4.79 Å². The van der Waals surface area contributed by atoms with Gasteiger partial charge in [0, 0.05) is 23.6 Å². The maximum Gasteiger partial charge on any atom is 0.258 e. The molecule has 3 aromatic rings. The number of hydrogen-bond donors (Lipinski definition) is 2. The molecule has 5 nitrogen and oxygen atoms in total. The van der Waals surface area contributed by atoms with Crippen LogP contribution in [0.1, 0.15) is 10.4 Å². The van der Waals surface area contributed by atoms with Gasteiger partial charge in [0.15, 0.2) is 5.69 Å². The number of benzene rings is 2. The summed E-state index contributed by atoms with van der Waals surface area (Å²) < 4.78 is 0.984. The first kappa shape index (κ1) is 16.8. The van der Waals surface area contributed by atoms with Crippen molar-refractivity contribution in [1.82, 2.24) is 10.2 Å². The van der Waals surface area contributed by atoms with Crippen molar-refractivity contribution in [2.45, 2.75) is 0 Å². The van der Waals surface area contributed by atoms with Crippen molar-refractivity contribution >= 4 is 49.3 Å². The molecule has 6 heteroatoms. The number of pyridine rings is 1. The Morgan fingerprint density at radius 1 is 1.25 bits per heavy atom. The highest BCUT2D eigenvalue weighted by atomic mass is 79.9. The van der Waals surface area contributed by atoms with E-state index in [9.17, 15) is 4.79 Å². The highest BCUT2D eigenvalue weighted by Crippen LogP contribution is 2.27. The first-order valence-corrected chi connectivity index (χ1v) is 8.59. The van der Waals surface area contributed by atoms with Gasteiger partial charge in [0.2, 0.25) is 11.0 Å². The SMILES string of the molecule is CN(C)CCNC(=O)c1cccc2c([NH3+])c3ccc(Br)cc3[nH+]c12. The molecule has 0 fully saturated rings. The van der Waals surface area contributed by atoms with Gasteiger partial charge in [0.25, 0.3) is 5.91 Å². The summed E-state index contributed by atoms with van der Waals surface area (Å²) in [6.07, 6.45) is 0. The highest BCUT2D eigenvalue weighted by Gasteiger charge is 2.21. The summed E-state index contributed by atoms with van der Waals surface area (Å²) in [5.74, 6) is -0.0764. The highest BCUT2D eigenvalue weighted by molar-refractivity contribution is 9.10. The van der Waals surface area contributed by atoms with Crippen molar-refractivity contribution in [2.24, 2.45) is 0 Å². The molecule has 0 saturated heterocycles. The van der Waals surface area contributed by atoms with Crippen molar-refractivity contribution in [3.63, 3.8) is 0 Å². The molecule has 0 radical (unpaired) electrons. The number of likely N-dealkylation sites (N-methyl/N-ethyl adjacent to an activating group) is 1. The molecule has 5 N–H and O–H groups in total. The number of para-hydroxylation sites is 1. The van der Waals surface area contributed by atoms with Crippen LogP contribution in [0.2, 0.25) is 0 Å². The number of amides is 1. The molecule has 0 aliphatic carbocycles. The minimum absolute atomic E-state index is 0.0764.